The van der Waals surface area contributed by atoms with E-state index in [4.69, 9.17) is 4.74 Å². The van der Waals surface area contributed by atoms with Crippen molar-refractivity contribution in [3.63, 3.8) is 0 Å². The highest BCUT2D eigenvalue weighted by molar-refractivity contribution is 5.95. The number of carbonyl (C=O) groups excluding carboxylic acids is 1. The molecule has 0 aliphatic carbocycles. The molecule has 0 bridgehead atoms. The summed E-state index contributed by atoms with van der Waals surface area (Å²) in [6, 6.07) is 12.2. The minimum atomic E-state index is -1.10. The molecule has 1 amide bonds. The van der Waals surface area contributed by atoms with Crippen LogP contribution >= 0.6 is 0 Å². The largest absolute Gasteiger partial charge is 0.478 e. The number of aromatic carboxylic acids is 1. The van der Waals surface area contributed by atoms with Crippen LogP contribution < -0.4 is 4.90 Å². The Hall–Kier alpha value is -2.86. The molecule has 2 N–H and O–H groups in total. The maximum absolute atomic E-state index is 12.4. The van der Waals surface area contributed by atoms with E-state index in [0.29, 0.717) is 24.2 Å². The van der Waals surface area contributed by atoms with E-state index in [-0.39, 0.29) is 18.8 Å². The van der Waals surface area contributed by atoms with Crippen LogP contribution in [-0.2, 0) is 24.4 Å². The molecule has 24 heavy (non-hydrogen) atoms. The van der Waals surface area contributed by atoms with E-state index in [0.717, 1.165) is 11.1 Å². The second kappa shape index (κ2) is 6.72. The zero-order valence-corrected chi connectivity index (χ0v) is 12.9. The molecule has 0 radical (unpaired) electrons. The van der Waals surface area contributed by atoms with Gasteiger partial charge in [0.15, 0.2) is 0 Å². The molecule has 2 aromatic rings. The Morgan fingerprint density at radius 3 is 2.58 bits per heavy atom. The van der Waals surface area contributed by atoms with E-state index in [1.807, 2.05) is 30.3 Å². The number of carbonyl (C=O) groups is 2. The van der Waals surface area contributed by atoms with Crippen LogP contribution in [0, 0.1) is 0 Å². The lowest BCUT2D eigenvalue weighted by Crippen LogP contribution is -2.29. The van der Waals surface area contributed by atoms with Gasteiger partial charge in [-0.2, -0.15) is 0 Å². The number of anilines is 1. The SMILES string of the molecule is O=C(O)c1cc(CO)c2c(c1)N(C(=O)OCc1ccccc1)CC2. The minimum Gasteiger partial charge on any atom is -0.478 e. The second-order valence-electron chi connectivity index (χ2n) is 5.54. The third-order valence-corrected chi connectivity index (χ3v) is 4.04. The highest BCUT2D eigenvalue weighted by Gasteiger charge is 2.29. The first kappa shape index (κ1) is 16.0. The van der Waals surface area contributed by atoms with Crippen LogP contribution in [0.2, 0.25) is 0 Å². The molecule has 0 spiro atoms. The lowest BCUT2D eigenvalue weighted by Gasteiger charge is -2.18. The molecule has 2 aromatic carbocycles. The zero-order valence-electron chi connectivity index (χ0n) is 12.9. The van der Waals surface area contributed by atoms with E-state index >= 15 is 0 Å². The van der Waals surface area contributed by atoms with Crippen molar-refractivity contribution in [3.05, 3.63) is 64.7 Å². The summed E-state index contributed by atoms with van der Waals surface area (Å²) in [5.41, 5.74) is 2.74. The summed E-state index contributed by atoms with van der Waals surface area (Å²) < 4.78 is 5.32. The number of amides is 1. The van der Waals surface area contributed by atoms with Crippen molar-refractivity contribution in [2.75, 3.05) is 11.4 Å². The van der Waals surface area contributed by atoms with Crippen molar-refractivity contribution in [2.24, 2.45) is 0 Å². The molecule has 1 aliphatic heterocycles. The van der Waals surface area contributed by atoms with Crippen LogP contribution in [0.4, 0.5) is 10.5 Å². The molecule has 0 aromatic heterocycles. The molecular formula is C18H17NO5. The smallest absolute Gasteiger partial charge is 0.414 e. The third kappa shape index (κ3) is 3.09. The molecule has 0 saturated heterocycles. The summed E-state index contributed by atoms with van der Waals surface area (Å²) in [6.45, 7) is 0.284. The number of aliphatic hydroxyl groups excluding tert-OH is 1. The van der Waals surface area contributed by atoms with Crippen molar-refractivity contribution >= 4 is 17.7 Å². The number of fused-ring (bicyclic) bond motifs is 1. The summed E-state index contributed by atoms with van der Waals surface area (Å²) in [7, 11) is 0. The summed E-state index contributed by atoms with van der Waals surface area (Å²) in [6.07, 6.45) is 0.0370. The number of hydrogen-bond donors (Lipinski definition) is 2. The highest BCUT2D eigenvalue weighted by atomic mass is 16.6. The number of rotatable bonds is 4. The Kier molecular flexibility index (Phi) is 4.48. The van der Waals surface area contributed by atoms with E-state index in [1.54, 1.807) is 0 Å². The molecule has 0 unspecified atom stereocenters. The fraction of sp³-hybridized carbons (Fsp3) is 0.222. The van der Waals surface area contributed by atoms with Gasteiger partial charge < -0.3 is 14.9 Å². The Morgan fingerprint density at radius 1 is 1.17 bits per heavy atom. The van der Waals surface area contributed by atoms with E-state index in [2.05, 4.69) is 0 Å². The lowest BCUT2D eigenvalue weighted by atomic mass is 10.0. The number of carboxylic acids is 1. The minimum absolute atomic E-state index is 0.0422. The fourth-order valence-corrected chi connectivity index (χ4v) is 2.84. The molecule has 6 heteroatoms. The number of carboxylic acid groups (broad SMARTS) is 1. The molecular weight excluding hydrogens is 310 g/mol. The highest BCUT2D eigenvalue weighted by Crippen LogP contribution is 2.33. The molecule has 124 valence electrons. The Labute approximate surface area is 138 Å². The average Bonchev–Trinajstić information content (AvgIpc) is 3.03. The van der Waals surface area contributed by atoms with Gasteiger partial charge in [-0.05, 0) is 35.2 Å². The first-order valence-corrected chi connectivity index (χ1v) is 7.58. The first-order chi connectivity index (χ1) is 11.6. The summed E-state index contributed by atoms with van der Waals surface area (Å²) in [5, 5.41) is 18.7. The quantitative estimate of drug-likeness (QED) is 0.901. The number of hydrogen-bond acceptors (Lipinski definition) is 4. The van der Waals surface area contributed by atoms with Crippen molar-refractivity contribution in [2.45, 2.75) is 19.6 Å². The fourth-order valence-electron chi connectivity index (χ4n) is 2.84. The van der Waals surface area contributed by atoms with Gasteiger partial charge in [-0.3, -0.25) is 4.90 Å². The zero-order chi connectivity index (χ0) is 17.1. The van der Waals surface area contributed by atoms with E-state index in [1.165, 1.54) is 17.0 Å². The van der Waals surface area contributed by atoms with Crippen molar-refractivity contribution in [1.82, 2.24) is 0 Å². The number of nitrogens with zero attached hydrogens (tertiary/aromatic N) is 1. The topological polar surface area (TPSA) is 87.1 Å². The van der Waals surface area contributed by atoms with Crippen molar-refractivity contribution in [1.29, 1.82) is 0 Å². The van der Waals surface area contributed by atoms with Crippen molar-refractivity contribution < 1.29 is 24.5 Å². The van der Waals surface area contributed by atoms with E-state index < -0.39 is 12.1 Å². The molecule has 6 nitrogen and oxygen atoms in total. The Bertz CT molecular complexity index is 772. The van der Waals surface area contributed by atoms with Crippen molar-refractivity contribution in [3.8, 4) is 0 Å². The van der Waals surface area contributed by atoms with Gasteiger partial charge in [0.2, 0.25) is 0 Å². The van der Waals surface area contributed by atoms with Crippen LogP contribution in [0.5, 0.6) is 0 Å². The predicted octanol–water partition coefficient (Wildman–Crippen LogP) is 2.58. The molecule has 0 fully saturated rings. The van der Waals surface area contributed by atoms with Gasteiger partial charge >= 0.3 is 12.1 Å². The predicted molar refractivity (Wildman–Crippen MR) is 87.0 cm³/mol. The van der Waals surface area contributed by atoms with Crippen LogP contribution in [0.1, 0.15) is 27.0 Å². The number of benzene rings is 2. The number of ether oxygens (including phenoxy) is 1. The molecule has 1 aliphatic rings. The lowest BCUT2D eigenvalue weighted by molar-refractivity contribution is 0.0696. The molecule has 1 heterocycles. The van der Waals surface area contributed by atoms with Crippen LogP contribution in [0.25, 0.3) is 0 Å². The van der Waals surface area contributed by atoms with Crippen LogP contribution in [0.3, 0.4) is 0 Å². The summed E-state index contributed by atoms with van der Waals surface area (Å²) in [4.78, 5) is 25.0. The third-order valence-electron chi connectivity index (χ3n) is 4.04. The maximum atomic E-state index is 12.4. The normalized spacial score (nSPS) is 12.8. The van der Waals surface area contributed by atoms with Gasteiger partial charge in [0, 0.05) is 6.54 Å². The Balaban J connectivity index is 1.81. The van der Waals surface area contributed by atoms with Gasteiger partial charge in [0.05, 0.1) is 17.9 Å². The van der Waals surface area contributed by atoms with Gasteiger partial charge in [-0.1, -0.05) is 30.3 Å². The standard InChI is InChI=1S/C18H17NO5/c20-10-14-8-13(17(21)22)9-16-15(14)6-7-19(16)18(23)24-11-12-4-2-1-3-5-12/h1-5,8-9,20H,6-7,10-11H2,(H,21,22). The molecule has 3 rings (SSSR count). The first-order valence-electron chi connectivity index (χ1n) is 7.58. The number of aliphatic hydroxyl groups is 1. The van der Waals surface area contributed by atoms with Crippen LogP contribution in [0.15, 0.2) is 42.5 Å². The summed E-state index contributed by atoms with van der Waals surface area (Å²) in [5.74, 6) is -1.10. The Morgan fingerprint density at radius 2 is 1.92 bits per heavy atom. The van der Waals surface area contributed by atoms with Gasteiger partial charge in [0.1, 0.15) is 6.61 Å². The molecule has 0 atom stereocenters. The average molecular weight is 327 g/mol. The van der Waals surface area contributed by atoms with Gasteiger partial charge in [-0.25, -0.2) is 9.59 Å². The van der Waals surface area contributed by atoms with E-state index in [9.17, 15) is 19.8 Å². The monoisotopic (exact) mass is 327 g/mol. The van der Waals surface area contributed by atoms with Gasteiger partial charge in [-0.15, -0.1) is 0 Å². The maximum Gasteiger partial charge on any atom is 0.414 e. The van der Waals surface area contributed by atoms with Gasteiger partial charge in [0.25, 0.3) is 0 Å². The second-order valence-corrected chi connectivity index (χ2v) is 5.54. The van der Waals surface area contributed by atoms with Crippen LogP contribution in [-0.4, -0.2) is 28.8 Å². The molecule has 0 saturated carbocycles. The summed E-state index contributed by atoms with van der Waals surface area (Å²) >= 11 is 0.